The number of hydrogen-bond donors (Lipinski definition) is 1. The monoisotopic (exact) mass is 305 g/mol. The van der Waals surface area contributed by atoms with E-state index in [9.17, 15) is 0 Å². The van der Waals surface area contributed by atoms with Gasteiger partial charge in [-0.2, -0.15) is 0 Å². The molecule has 1 unspecified atom stereocenters. The van der Waals surface area contributed by atoms with Gasteiger partial charge in [0.2, 0.25) is 0 Å². The van der Waals surface area contributed by atoms with Crippen molar-refractivity contribution in [1.29, 1.82) is 0 Å². The summed E-state index contributed by atoms with van der Waals surface area (Å²) >= 11 is 9.61. The average Bonchev–Trinajstić information content (AvgIpc) is 2.28. The lowest BCUT2D eigenvalue weighted by molar-refractivity contribution is 0.114. The number of likely N-dealkylation sites (N-methyl/N-ethyl adjacent to an activating group) is 1. The highest BCUT2D eigenvalue weighted by Crippen LogP contribution is 2.26. The maximum absolute atomic E-state index is 6.17. The van der Waals surface area contributed by atoms with Crippen molar-refractivity contribution in [3.63, 3.8) is 0 Å². The number of benzene rings is 1. The van der Waals surface area contributed by atoms with Crippen LogP contribution in [0.25, 0.3) is 0 Å². The van der Waals surface area contributed by atoms with E-state index in [0.717, 1.165) is 28.1 Å². The van der Waals surface area contributed by atoms with Crippen molar-refractivity contribution < 1.29 is 4.74 Å². The predicted molar refractivity (Wildman–Crippen MR) is 72.1 cm³/mol. The molecule has 0 saturated heterocycles. The number of rotatable bonds is 6. The summed E-state index contributed by atoms with van der Waals surface area (Å²) < 4.78 is 6.58. The molecule has 1 atom stereocenters. The van der Waals surface area contributed by atoms with Gasteiger partial charge in [0.05, 0.1) is 12.6 Å². The Morgan fingerprint density at radius 2 is 2.25 bits per heavy atom. The Bertz CT molecular complexity index is 333. The number of ether oxygens (including phenoxy) is 1. The van der Waals surface area contributed by atoms with Gasteiger partial charge in [0.25, 0.3) is 0 Å². The number of halogens is 2. The van der Waals surface area contributed by atoms with Crippen LogP contribution in [0.1, 0.15) is 24.9 Å². The Hall–Kier alpha value is -0.0900. The summed E-state index contributed by atoms with van der Waals surface area (Å²) in [5.41, 5.74) is 1.06. The fourth-order valence-corrected chi connectivity index (χ4v) is 2.08. The van der Waals surface area contributed by atoms with Crippen LogP contribution in [-0.4, -0.2) is 20.3 Å². The normalized spacial score (nSPS) is 12.8. The van der Waals surface area contributed by atoms with Gasteiger partial charge >= 0.3 is 0 Å². The van der Waals surface area contributed by atoms with Crippen LogP contribution in [0.15, 0.2) is 22.7 Å². The molecule has 1 N–H and O–H groups in total. The fraction of sp³-hybridized carbons (Fsp3) is 0.500. The lowest BCUT2D eigenvalue weighted by Gasteiger charge is -2.18. The lowest BCUT2D eigenvalue weighted by atomic mass is 10.1. The van der Waals surface area contributed by atoms with Crippen LogP contribution < -0.4 is 5.32 Å². The molecule has 0 spiro atoms. The topological polar surface area (TPSA) is 21.3 Å². The summed E-state index contributed by atoms with van der Waals surface area (Å²) in [6.07, 6.45) is 1.03. The van der Waals surface area contributed by atoms with Crippen molar-refractivity contribution in [2.75, 3.05) is 20.3 Å². The van der Waals surface area contributed by atoms with E-state index >= 15 is 0 Å². The van der Waals surface area contributed by atoms with E-state index < -0.39 is 0 Å². The van der Waals surface area contributed by atoms with Crippen molar-refractivity contribution >= 4 is 27.5 Å². The zero-order chi connectivity index (χ0) is 12.0. The third-order valence-corrected chi connectivity index (χ3v) is 3.15. The maximum atomic E-state index is 6.17. The molecule has 16 heavy (non-hydrogen) atoms. The highest BCUT2D eigenvalue weighted by atomic mass is 79.9. The van der Waals surface area contributed by atoms with E-state index in [1.54, 1.807) is 0 Å². The van der Waals surface area contributed by atoms with Crippen molar-refractivity contribution in [3.05, 3.63) is 33.3 Å². The Morgan fingerprint density at radius 1 is 1.50 bits per heavy atom. The third-order valence-electron chi connectivity index (χ3n) is 2.31. The molecule has 0 amide bonds. The van der Waals surface area contributed by atoms with Gasteiger partial charge in [-0.3, -0.25) is 0 Å². The quantitative estimate of drug-likeness (QED) is 0.807. The Balaban J connectivity index is 2.73. The van der Waals surface area contributed by atoms with E-state index in [1.165, 1.54) is 0 Å². The van der Waals surface area contributed by atoms with Crippen LogP contribution in [0, 0.1) is 0 Å². The first kappa shape index (κ1) is 14.0. The summed E-state index contributed by atoms with van der Waals surface area (Å²) in [6.45, 7) is 3.52. The molecule has 4 heteroatoms. The van der Waals surface area contributed by atoms with E-state index in [2.05, 4.69) is 28.2 Å². The first-order valence-corrected chi connectivity index (χ1v) is 6.56. The highest BCUT2D eigenvalue weighted by Gasteiger charge is 2.13. The van der Waals surface area contributed by atoms with Gasteiger partial charge in [-0.1, -0.05) is 34.5 Å². The van der Waals surface area contributed by atoms with E-state index in [1.807, 2.05) is 25.2 Å². The molecule has 1 rings (SSSR count). The maximum Gasteiger partial charge on any atom is 0.0661 e. The van der Waals surface area contributed by atoms with Gasteiger partial charge in [0.15, 0.2) is 0 Å². The molecule has 0 aliphatic rings. The van der Waals surface area contributed by atoms with Gasteiger partial charge in [0, 0.05) is 16.1 Å². The summed E-state index contributed by atoms with van der Waals surface area (Å²) in [5.74, 6) is 0. The Morgan fingerprint density at radius 3 is 2.88 bits per heavy atom. The summed E-state index contributed by atoms with van der Waals surface area (Å²) in [5, 5.41) is 3.98. The minimum atomic E-state index is 0.136. The largest absolute Gasteiger partial charge is 0.379 e. The van der Waals surface area contributed by atoms with E-state index in [-0.39, 0.29) is 6.04 Å². The minimum absolute atomic E-state index is 0.136. The summed E-state index contributed by atoms with van der Waals surface area (Å²) in [4.78, 5) is 0. The zero-order valence-electron chi connectivity index (χ0n) is 9.59. The van der Waals surface area contributed by atoms with E-state index in [0.29, 0.717) is 6.61 Å². The second kappa shape index (κ2) is 7.28. The molecule has 1 aromatic rings. The van der Waals surface area contributed by atoms with Gasteiger partial charge in [-0.15, -0.1) is 0 Å². The first-order chi connectivity index (χ1) is 7.69. The second-order valence-corrected chi connectivity index (χ2v) is 4.90. The Labute approximate surface area is 110 Å². The average molecular weight is 307 g/mol. The molecule has 0 aliphatic carbocycles. The molecule has 0 aromatic heterocycles. The molecule has 0 bridgehead atoms. The van der Waals surface area contributed by atoms with Gasteiger partial charge in [-0.05, 0) is 37.2 Å². The van der Waals surface area contributed by atoms with Crippen LogP contribution in [0.5, 0.6) is 0 Å². The van der Waals surface area contributed by atoms with Crippen LogP contribution >= 0.6 is 27.5 Å². The number of hydrogen-bond acceptors (Lipinski definition) is 2. The van der Waals surface area contributed by atoms with Crippen molar-refractivity contribution in [3.8, 4) is 0 Å². The molecular weight excluding hydrogens is 289 g/mol. The van der Waals surface area contributed by atoms with Gasteiger partial charge < -0.3 is 10.1 Å². The van der Waals surface area contributed by atoms with Gasteiger partial charge in [-0.25, -0.2) is 0 Å². The Kier molecular flexibility index (Phi) is 6.36. The molecule has 1 aromatic carbocycles. The van der Waals surface area contributed by atoms with Gasteiger partial charge in [0.1, 0.15) is 0 Å². The van der Waals surface area contributed by atoms with Crippen LogP contribution in [0.2, 0.25) is 5.02 Å². The zero-order valence-corrected chi connectivity index (χ0v) is 11.9. The molecular formula is C12H17BrClNO. The highest BCUT2D eigenvalue weighted by molar-refractivity contribution is 9.10. The third kappa shape index (κ3) is 4.06. The minimum Gasteiger partial charge on any atom is -0.379 e. The number of nitrogens with one attached hydrogen (secondary N) is 1. The van der Waals surface area contributed by atoms with Crippen LogP contribution in [-0.2, 0) is 4.74 Å². The second-order valence-electron chi connectivity index (χ2n) is 3.58. The summed E-state index contributed by atoms with van der Waals surface area (Å²) in [6, 6.07) is 5.99. The standard InChI is InChI=1S/C12H17BrClNO/c1-3-6-16-8-12(15-2)10-7-9(13)4-5-11(10)14/h4-5,7,12,15H,3,6,8H2,1-2H3. The molecule has 2 nitrogen and oxygen atoms in total. The SMILES string of the molecule is CCCOCC(NC)c1cc(Br)ccc1Cl. The molecule has 0 saturated carbocycles. The van der Waals surface area contributed by atoms with Crippen molar-refractivity contribution in [1.82, 2.24) is 5.32 Å². The molecule has 0 heterocycles. The van der Waals surface area contributed by atoms with Crippen molar-refractivity contribution in [2.24, 2.45) is 0 Å². The predicted octanol–water partition coefficient (Wildman–Crippen LogP) is 3.79. The fourth-order valence-electron chi connectivity index (χ4n) is 1.46. The molecule has 0 radical (unpaired) electrons. The van der Waals surface area contributed by atoms with Crippen LogP contribution in [0.3, 0.4) is 0 Å². The smallest absolute Gasteiger partial charge is 0.0661 e. The van der Waals surface area contributed by atoms with E-state index in [4.69, 9.17) is 16.3 Å². The van der Waals surface area contributed by atoms with Crippen molar-refractivity contribution in [2.45, 2.75) is 19.4 Å². The summed E-state index contributed by atoms with van der Waals surface area (Å²) in [7, 11) is 1.91. The first-order valence-electron chi connectivity index (χ1n) is 5.39. The molecule has 0 aliphatic heterocycles. The molecule has 0 fully saturated rings. The van der Waals surface area contributed by atoms with Crippen LogP contribution in [0.4, 0.5) is 0 Å². The lowest BCUT2D eigenvalue weighted by Crippen LogP contribution is -2.22. The molecule has 90 valence electrons.